The number of methoxy groups -OCH3 is 1. The molecule has 0 heterocycles. The summed E-state index contributed by atoms with van der Waals surface area (Å²) in [6.45, 7) is 0.353. The minimum Gasteiger partial charge on any atom is -0.496 e. The van der Waals surface area contributed by atoms with Crippen molar-refractivity contribution in [2.75, 3.05) is 27.3 Å². The molecule has 0 aliphatic carbocycles. The third-order valence-corrected chi connectivity index (χ3v) is 4.09. The van der Waals surface area contributed by atoms with Gasteiger partial charge in [-0.15, -0.1) is 24.0 Å². The summed E-state index contributed by atoms with van der Waals surface area (Å²) in [5, 5.41) is 6.44. The molecule has 0 saturated carbocycles. The molecule has 0 amide bonds. The van der Waals surface area contributed by atoms with E-state index in [4.69, 9.17) is 9.47 Å². The Morgan fingerprint density at radius 1 is 1.07 bits per heavy atom. The largest absolute Gasteiger partial charge is 0.496 e. The molecule has 0 bridgehead atoms. The van der Waals surface area contributed by atoms with Crippen LogP contribution in [0.4, 0.5) is 8.78 Å². The number of halogens is 3. The van der Waals surface area contributed by atoms with Gasteiger partial charge in [-0.25, -0.2) is 0 Å². The first kappa shape index (κ1) is 25.7. The summed E-state index contributed by atoms with van der Waals surface area (Å²) in [4.78, 5) is 4.20. The van der Waals surface area contributed by atoms with Crippen LogP contribution in [0.15, 0.2) is 47.5 Å². The van der Waals surface area contributed by atoms with Crippen molar-refractivity contribution >= 4 is 29.9 Å². The molecule has 0 fully saturated rings. The zero-order valence-electron chi connectivity index (χ0n) is 17.3. The molecule has 0 spiro atoms. The Hall–Kier alpha value is -2.30. The second kappa shape index (κ2) is 13.8. The molecule has 2 aromatic rings. The molecule has 0 aliphatic heterocycles. The van der Waals surface area contributed by atoms with Crippen molar-refractivity contribution in [2.24, 2.45) is 4.99 Å². The lowest BCUT2D eigenvalue weighted by Gasteiger charge is -2.15. The molecule has 6 nitrogen and oxygen atoms in total. The summed E-state index contributed by atoms with van der Waals surface area (Å²) in [5.74, 6) is 1.79. The number of rotatable bonds is 10. The Bertz CT molecular complexity index is 807. The topological polar surface area (TPSA) is 64.1 Å². The minimum absolute atomic E-state index is 0. The molecule has 0 atom stereocenters. The van der Waals surface area contributed by atoms with Crippen LogP contribution in [0.3, 0.4) is 0 Å². The summed E-state index contributed by atoms with van der Waals surface area (Å²) in [6.07, 6.45) is 0.777. The zero-order valence-corrected chi connectivity index (χ0v) is 19.6. The van der Waals surface area contributed by atoms with Crippen LogP contribution >= 0.6 is 24.0 Å². The fourth-order valence-electron chi connectivity index (χ4n) is 2.76. The molecule has 0 aliphatic rings. The average Bonchev–Trinajstić information content (AvgIpc) is 2.72. The molecule has 0 saturated heterocycles. The maximum atomic E-state index is 12.5. The number of nitrogens with one attached hydrogen (secondary N) is 2. The first-order chi connectivity index (χ1) is 14.1. The number of nitrogens with zero attached hydrogens (tertiary/aromatic N) is 1. The van der Waals surface area contributed by atoms with E-state index in [2.05, 4.69) is 20.4 Å². The number of hydrogen-bond donors (Lipinski definition) is 2. The van der Waals surface area contributed by atoms with Gasteiger partial charge in [-0.3, -0.25) is 4.99 Å². The van der Waals surface area contributed by atoms with E-state index in [0.29, 0.717) is 25.7 Å². The number of para-hydroxylation sites is 1. The van der Waals surface area contributed by atoms with Crippen LogP contribution in [-0.2, 0) is 13.0 Å². The van der Waals surface area contributed by atoms with Crippen molar-refractivity contribution in [1.82, 2.24) is 10.6 Å². The van der Waals surface area contributed by atoms with Gasteiger partial charge in [-0.2, -0.15) is 8.78 Å². The highest BCUT2D eigenvalue weighted by molar-refractivity contribution is 14.0. The summed E-state index contributed by atoms with van der Waals surface area (Å²) < 4.78 is 40.3. The van der Waals surface area contributed by atoms with E-state index < -0.39 is 6.61 Å². The molecule has 0 aromatic heterocycles. The van der Waals surface area contributed by atoms with Gasteiger partial charge in [0.2, 0.25) is 0 Å². The standard InChI is InChI=1S/C21H27F2N3O3.HI/c1-4-28-19-13-15(9-10-18(19)29-20(22)23)14-26-21(24-2)25-12-11-16-7-5-6-8-17(16)27-3;/h5-10,13,20H,4,11-12,14H2,1-3H3,(H2,24,25,26);1H. The van der Waals surface area contributed by atoms with E-state index in [1.807, 2.05) is 24.3 Å². The smallest absolute Gasteiger partial charge is 0.387 e. The van der Waals surface area contributed by atoms with Gasteiger partial charge in [0.1, 0.15) is 5.75 Å². The predicted octanol–water partition coefficient (Wildman–Crippen LogP) is 4.22. The molecule has 0 radical (unpaired) electrons. The molecular weight excluding hydrogens is 507 g/mol. The normalized spacial score (nSPS) is 10.9. The van der Waals surface area contributed by atoms with Crippen LogP contribution in [-0.4, -0.2) is 39.9 Å². The van der Waals surface area contributed by atoms with Gasteiger partial charge < -0.3 is 24.8 Å². The van der Waals surface area contributed by atoms with E-state index in [1.165, 1.54) is 6.07 Å². The molecule has 0 unspecified atom stereocenters. The lowest BCUT2D eigenvalue weighted by Crippen LogP contribution is -2.37. The lowest BCUT2D eigenvalue weighted by molar-refractivity contribution is -0.0514. The van der Waals surface area contributed by atoms with Gasteiger partial charge in [0.25, 0.3) is 0 Å². The Labute approximate surface area is 193 Å². The molecule has 30 heavy (non-hydrogen) atoms. The molecule has 2 N–H and O–H groups in total. The predicted molar refractivity (Wildman–Crippen MR) is 125 cm³/mol. The highest BCUT2D eigenvalue weighted by Gasteiger charge is 2.12. The van der Waals surface area contributed by atoms with Crippen LogP contribution < -0.4 is 24.8 Å². The van der Waals surface area contributed by atoms with Gasteiger partial charge in [0, 0.05) is 20.1 Å². The molecule has 9 heteroatoms. The Morgan fingerprint density at radius 2 is 1.83 bits per heavy atom. The SMILES string of the molecule is CCOc1cc(CNC(=NC)NCCc2ccccc2OC)ccc1OC(F)F.I. The molecule has 2 aromatic carbocycles. The maximum Gasteiger partial charge on any atom is 0.387 e. The zero-order chi connectivity index (χ0) is 21.1. The lowest BCUT2D eigenvalue weighted by atomic mass is 10.1. The van der Waals surface area contributed by atoms with E-state index >= 15 is 0 Å². The van der Waals surface area contributed by atoms with Crippen LogP contribution in [0.1, 0.15) is 18.1 Å². The average molecular weight is 535 g/mol. The Kier molecular flexibility index (Phi) is 11.9. The number of benzene rings is 2. The monoisotopic (exact) mass is 535 g/mol. The summed E-state index contributed by atoms with van der Waals surface area (Å²) in [7, 11) is 3.34. The van der Waals surface area contributed by atoms with Crippen molar-refractivity contribution in [3.05, 3.63) is 53.6 Å². The van der Waals surface area contributed by atoms with Gasteiger partial charge in [0.15, 0.2) is 17.5 Å². The van der Waals surface area contributed by atoms with Crippen molar-refractivity contribution in [3.63, 3.8) is 0 Å². The van der Waals surface area contributed by atoms with Crippen molar-refractivity contribution in [3.8, 4) is 17.2 Å². The number of hydrogen-bond acceptors (Lipinski definition) is 4. The second-order valence-electron chi connectivity index (χ2n) is 6.01. The summed E-state index contributed by atoms with van der Waals surface area (Å²) >= 11 is 0. The van der Waals surface area contributed by atoms with E-state index in [-0.39, 0.29) is 35.5 Å². The molecule has 166 valence electrons. The third kappa shape index (κ3) is 8.21. The minimum atomic E-state index is -2.90. The number of ether oxygens (including phenoxy) is 3. The quantitative estimate of drug-likeness (QED) is 0.271. The molecular formula is C21H28F2IN3O3. The molecule has 2 rings (SSSR count). The maximum absolute atomic E-state index is 12.5. The van der Waals surface area contributed by atoms with Crippen molar-refractivity contribution in [1.29, 1.82) is 0 Å². The Balaban J connectivity index is 0.00000450. The van der Waals surface area contributed by atoms with E-state index in [1.54, 1.807) is 33.2 Å². The number of aliphatic imine (C=N–C) groups is 1. The Morgan fingerprint density at radius 3 is 2.50 bits per heavy atom. The van der Waals surface area contributed by atoms with E-state index in [0.717, 1.165) is 23.3 Å². The van der Waals surface area contributed by atoms with E-state index in [9.17, 15) is 8.78 Å². The van der Waals surface area contributed by atoms with Gasteiger partial charge >= 0.3 is 6.61 Å². The van der Waals surface area contributed by atoms with Crippen molar-refractivity contribution in [2.45, 2.75) is 26.5 Å². The van der Waals surface area contributed by atoms with Crippen LogP contribution in [0.2, 0.25) is 0 Å². The fraction of sp³-hybridized carbons (Fsp3) is 0.381. The highest BCUT2D eigenvalue weighted by Crippen LogP contribution is 2.29. The van der Waals surface area contributed by atoms with Crippen LogP contribution in [0, 0.1) is 0 Å². The third-order valence-electron chi connectivity index (χ3n) is 4.09. The van der Waals surface area contributed by atoms with Gasteiger partial charge in [0.05, 0.1) is 13.7 Å². The summed E-state index contributed by atoms with van der Waals surface area (Å²) in [6, 6.07) is 12.7. The first-order valence-electron chi connectivity index (χ1n) is 9.34. The highest BCUT2D eigenvalue weighted by atomic mass is 127. The first-order valence-corrected chi connectivity index (χ1v) is 9.34. The fourth-order valence-corrected chi connectivity index (χ4v) is 2.76. The van der Waals surface area contributed by atoms with Crippen LogP contribution in [0.5, 0.6) is 17.2 Å². The second-order valence-corrected chi connectivity index (χ2v) is 6.01. The van der Waals surface area contributed by atoms with Crippen LogP contribution in [0.25, 0.3) is 0 Å². The summed E-state index contributed by atoms with van der Waals surface area (Å²) in [5.41, 5.74) is 1.96. The van der Waals surface area contributed by atoms with Gasteiger partial charge in [-0.1, -0.05) is 24.3 Å². The number of guanidine groups is 1. The van der Waals surface area contributed by atoms with Crippen molar-refractivity contribution < 1.29 is 23.0 Å². The van der Waals surface area contributed by atoms with Gasteiger partial charge in [-0.05, 0) is 42.7 Å². The number of alkyl halides is 2.